The maximum atomic E-state index is 14.7. The highest BCUT2D eigenvalue weighted by molar-refractivity contribution is 6.23. The number of carbonyl (C=O) groups excluding carboxylic acids is 2. The van der Waals surface area contributed by atoms with Gasteiger partial charge in [-0.3, -0.25) is 19.6 Å². The molecule has 12 nitrogen and oxygen atoms in total. The standard InChI is InChI=1S/C72H104N4O8/c1-49(2)21-17-25-53(9)33-37-81-67-41-61-62(42-68(67)82-38-34-54(10)26-18-22-50(3)4)74-46-58(72(80)60-30-14-16-32-66(60)78)48-76-64-44-70(84-40-36-56(12)28-20-24-52(7)8)69(83-39-35-55(11)27-19-23-51(5)6)43-63(64)75-47-57(45-73-61)71(79)59-29-13-15-31-65(59)77/h13-16,29-32,41-56,73,76-78H,17-28,33-40H2,1-12H3/b57-45+,58-48+,74-46?,75-47?. The number of fused-ring (bicyclic) bond motifs is 2. The lowest BCUT2D eigenvalue weighted by atomic mass is 9.97. The average molecular weight is 1150 g/mol. The third kappa shape index (κ3) is 24.2. The van der Waals surface area contributed by atoms with Crippen LogP contribution in [-0.4, -0.2) is 60.6 Å². The van der Waals surface area contributed by atoms with Crippen LogP contribution in [0.25, 0.3) is 0 Å². The van der Waals surface area contributed by atoms with Gasteiger partial charge in [-0.25, -0.2) is 0 Å². The van der Waals surface area contributed by atoms with Crippen LogP contribution in [0.2, 0.25) is 0 Å². The molecular formula is C72H104N4O8. The lowest BCUT2D eigenvalue weighted by molar-refractivity contribution is 0.103. The molecule has 0 bridgehead atoms. The monoisotopic (exact) mass is 1150 g/mol. The molecule has 0 saturated heterocycles. The van der Waals surface area contributed by atoms with Crippen LogP contribution in [0.1, 0.15) is 207 Å². The van der Waals surface area contributed by atoms with Gasteiger partial charge in [-0.2, -0.15) is 0 Å². The Morgan fingerprint density at radius 3 is 0.976 bits per heavy atom. The number of ketones is 2. The van der Waals surface area contributed by atoms with E-state index in [2.05, 4.69) is 93.7 Å². The van der Waals surface area contributed by atoms with Crippen LogP contribution in [0.15, 0.2) is 106 Å². The molecule has 1 heterocycles. The number of ether oxygens (including phenoxy) is 4. The second-order valence-corrected chi connectivity index (χ2v) is 25.6. The fourth-order valence-electron chi connectivity index (χ4n) is 10.1. The third-order valence-electron chi connectivity index (χ3n) is 15.8. The molecule has 0 spiro atoms. The first-order chi connectivity index (χ1) is 40.3. The number of benzene rings is 4. The number of nitrogens with one attached hydrogen (secondary N) is 2. The lowest BCUT2D eigenvalue weighted by Gasteiger charge is -2.19. The largest absolute Gasteiger partial charge is 0.507 e. The number of rotatable bonds is 36. The summed E-state index contributed by atoms with van der Waals surface area (Å²) in [6.45, 7) is 28.9. The van der Waals surface area contributed by atoms with E-state index in [9.17, 15) is 19.8 Å². The van der Waals surface area contributed by atoms with Gasteiger partial charge in [0.15, 0.2) is 34.6 Å². The van der Waals surface area contributed by atoms with Crippen LogP contribution in [0.5, 0.6) is 34.5 Å². The first-order valence-corrected chi connectivity index (χ1v) is 31.8. The minimum absolute atomic E-state index is 0.0902. The molecule has 0 saturated carbocycles. The molecule has 0 fully saturated rings. The molecule has 1 aliphatic rings. The van der Waals surface area contributed by atoms with Crippen molar-refractivity contribution < 1.29 is 38.7 Å². The van der Waals surface area contributed by atoms with Gasteiger partial charge in [0.2, 0.25) is 0 Å². The van der Waals surface area contributed by atoms with Crippen LogP contribution < -0.4 is 29.6 Å². The molecule has 4 unspecified atom stereocenters. The van der Waals surface area contributed by atoms with E-state index in [4.69, 9.17) is 28.9 Å². The predicted octanol–water partition coefficient (Wildman–Crippen LogP) is 19.5. The van der Waals surface area contributed by atoms with E-state index in [1.165, 1.54) is 50.2 Å². The Balaban J connectivity index is 1.67. The van der Waals surface area contributed by atoms with Gasteiger partial charge in [-0.05, 0) is 97.3 Å². The smallest absolute Gasteiger partial charge is 0.199 e. The number of phenols is 2. The van der Waals surface area contributed by atoms with Crippen molar-refractivity contribution in [1.82, 2.24) is 0 Å². The van der Waals surface area contributed by atoms with Crippen molar-refractivity contribution in [2.24, 2.45) is 57.3 Å². The van der Waals surface area contributed by atoms with E-state index in [-0.39, 0.29) is 33.8 Å². The molecule has 0 aromatic heterocycles. The maximum Gasteiger partial charge on any atom is 0.199 e. The van der Waals surface area contributed by atoms with Crippen molar-refractivity contribution in [1.29, 1.82) is 0 Å². The fraction of sp³-hybridized carbons (Fsp3) is 0.556. The molecule has 4 N–H and O–H groups in total. The van der Waals surface area contributed by atoms with E-state index < -0.39 is 11.6 Å². The summed E-state index contributed by atoms with van der Waals surface area (Å²) >= 11 is 0. The summed E-state index contributed by atoms with van der Waals surface area (Å²) in [5, 5.41) is 28.9. The Hall–Kier alpha value is -6.56. The quantitative estimate of drug-likeness (QED) is 0.0323. The highest BCUT2D eigenvalue weighted by atomic mass is 16.5. The molecule has 4 aromatic rings. The number of nitrogens with zero attached hydrogens (tertiary/aromatic N) is 2. The Morgan fingerprint density at radius 2 is 0.690 bits per heavy atom. The highest BCUT2D eigenvalue weighted by Crippen LogP contribution is 2.42. The van der Waals surface area contributed by atoms with Gasteiger partial charge in [0, 0.05) is 49.1 Å². The van der Waals surface area contributed by atoms with E-state index >= 15 is 0 Å². The number of phenolic OH excluding ortho intramolecular Hbond substituents is 2. The zero-order valence-electron chi connectivity index (χ0n) is 53.2. The topological polar surface area (TPSA) is 160 Å². The molecule has 0 radical (unpaired) electrons. The molecule has 84 heavy (non-hydrogen) atoms. The molecule has 0 amide bonds. The van der Waals surface area contributed by atoms with Crippen molar-refractivity contribution in [3.05, 3.63) is 107 Å². The number of aromatic hydroxyl groups is 2. The average Bonchev–Trinajstić information content (AvgIpc) is 3.07. The van der Waals surface area contributed by atoms with Crippen molar-refractivity contribution in [3.63, 3.8) is 0 Å². The van der Waals surface area contributed by atoms with E-state index in [1.54, 1.807) is 60.9 Å². The Bertz CT molecular complexity index is 2590. The third-order valence-corrected chi connectivity index (χ3v) is 15.8. The second kappa shape index (κ2) is 36.3. The number of aliphatic imine (C=N–C) groups is 2. The zero-order chi connectivity index (χ0) is 61.0. The van der Waals surface area contributed by atoms with Crippen LogP contribution in [0.4, 0.5) is 22.7 Å². The summed E-state index contributed by atoms with van der Waals surface area (Å²) in [7, 11) is 0. The summed E-state index contributed by atoms with van der Waals surface area (Å²) in [6, 6.07) is 20.1. The number of Topliss-reactive ketones (excluding diaryl/α,β-unsaturated/α-hetero) is 2. The summed E-state index contributed by atoms with van der Waals surface area (Å²) in [5.74, 6) is 5.07. The summed E-state index contributed by atoms with van der Waals surface area (Å²) in [5.41, 5.74) is 2.07. The van der Waals surface area contributed by atoms with Crippen molar-refractivity contribution in [2.75, 3.05) is 37.1 Å². The first-order valence-electron chi connectivity index (χ1n) is 31.8. The molecular weight excluding hydrogens is 1050 g/mol. The summed E-state index contributed by atoms with van der Waals surface area (Å²) in [6.07, 6.45) is 23.2. The molecule has 4 atom stereocenters. The van der Waals surface area contributed by atoms with Gasteiger partial charge in [0.05, 0.1) is 71.5 Å². The zero-order valence-corrected chi connectivity index (χ0v) is 53.2. The van der Waals surface area contributed by atoms with Gasteiger partial charge < -0.3 is 39.8 Å². The normalized spacial score (nSPS) is 15.4. The maximum absolute atomic E-state index is 14.7. The van der Waals surface area contributed by atoms with Gasteiger partial charge in [0.1, 0.15) is 11.5 Å². The molecule has 4 aromatic carbocycles. The minimum atomic E-state index is -0.484. The molecule has 0 aliphatic carbocycles. The van der Waals surface area contributed by atoms with Gasteiger partial charge in [-0.1, -0.05) is 184 Å². The van der Waals surface area contributed by atoms with Gasteiger partial charge in [-0.15, -0.1) is 0 Å². The number of para-hydroxylation sites is 2. The van der Waals surface area contributed by atoms with E-state index in [0.29, 0.717) is 120 Å². The van der Waals surface area contributed by atoms with Crippen LogP contribution in [0, 0.1) is 47.3 Å². The Labute approximate surface area is 505 Å². The van der Waals surface area contributed by atoms with Crippen LogP contribution in [0.3, 0.4) is 0 Å². The summed E-state index contributed by atoms with van der Waals surface area (Å²) < 4.78 is 26.6. The van der Waals surface area contributed by atoms with Gasteiger partial charge in [0.25, 0.3) is 0 Å². The highest BCUT2D eigenvalue weighted by Gasteiger charge is 2.22. The van der Waals surface area contributed by atoms with Crippen molar-refractivity contribution in [2.45, 2.75) is 186 Å². The molecule has 5 rings (SSSR count). The molecule has 1 aliphatic heterocycles. The van der Waals surface area contributed by atoms with E-state index in [0.717, 1.165) is 77.0 Å². The van der Waals surface area contributed by atoms with E-state index in [1.807, 2.05) is 12.1 Å². The fourth-order valence-corrected chi connectivity index (χ4v) is 10.1. The molecule has 12 heteroatoms. The lowest BCUT2D eigenvalue weighted by Crippen LogP contribution is -2.10. The minimum Gasteiger partial charge on any atom is -0.507 e. The number of hydrogen-bond acceptors (Lipinski definition) is 12. The second-order valence-electron chi connectivity index (χ2n) is 25.6. The summed E-state index contributed by atoms with van der Waals surface area (Å²) in [4.78, 5) is 39.5. The van der Waals surface area contributed by atoms with Crippen molar-refractivity contribution in [3.8, 4) is 34.5 Å². The number of anilines is 2. The predicted molar refractivity (Wildman–Crippen MR) is 349 cm³/mol. The Morgan fingerprint density at radius 1 is 0.405 bits per heavy atom. The SMILES string of the molecule is CC(C)CCCC(C)CCOc1cc2c(cc1OCCC(C)CCCC(C)C)N/C=C(/C(=O)c1ccccc1O)C=Nc1cc(OCCC(C)CCCC(C)C)c(OCCC(C)CCCC(C)C)cc1N/C=C(/C(=O)c1ccccc1O)C=N2. The number of allylic oxidation sites excluding steroid dienone is 2. The number of carbonyl (C=O) groups is 2. The Kier molecular flexibility index (Phi) is 29.5. The molecule has 460 valence electrons. The van der Waals surface area contributed by atoms with Crippen LogP contribution >= 0.6 is 0 Å². The van der Waals surface area contributed by atoms with Gasteiger partial charge >= 0.3 is 0 Å². The first kappa shape index (κ1) is 68.2. The van der Waals surface area contributed by atoms with Crippen LogP contribution in [-0.2, 0) is 0 Å². The number of hydrogen-bond donors (Lipinski definition) is 4. The van der Waals surface area contributed by atoms with Crippen molar-refractivity contribution >= 4 is 46.7 Å².